The number of hydrogen-bond acceptors (Lipinski definition) is 4. The Balaban J connectivity index is 2.23. The molecular weight excluding hydrogens is 364 g/mol. The van der Waals surface area contributed by atoms with Crippen molar-refractivity contribution in [2.24, 2.45) is 11.8 Å². The lowest BCUT2D eigenvalue weighted by Gasteiger charge is -2.45. The maximum atomic E-state index is 12.9. The van der Waals surface area contributed by atoms with Gasteiger partial charge in [-0.3, -0.25) is 4.90 Å². The molecule has 0 bridgehead atoms. The van der Waals surface area contributed by atoms with Crippen LogP contribution in [0.5, 0.6) is 0 Å². The number of hydrogen-bond donors (Lipinski definition) is 2. The molecule has 2 atom stereocenters. The van der Waals surface area contributed by atoms with Gasteiger partial charge in [-0.2, -0.15) is 0 Å². The number of sulfonamides is 1. The van der Waals surface area contributed by atoms with Crippen LogP contribution in [0.2, 0.25) is 0 Å². The van der Waals surface area contributed by atoms with E-state index in [1.165, 1.54) is 18.6 Å². The van der Waals surface area contributed by atoms with E-state index in [-0.39, 0.29) is 22.5 Å². The number of piperidine rings is 1. The first-order valence-corrected chi connectivity index (χ1v) is 10.9. The number of rotatable bonds is 6. The predicted octanol–water partition coefficient (Wildman–Crippen LogP) is 3.04. The van der Waals surface area contributed by atoms with E-state index in [0.717, 1.165) is 13.1 Å². The largest absolute Gasteiger partial charge is 0.478 e. The molecule has 6 nitrogen and oxygen atoms in total. The van der Waals surface area contributed by atoms with Crippen molar-refractivity contribution in [2.45, 2.75) is 58.4 Å². The lowest BCUT2D eigenvalue weighted by atomic mass is 9.88. The first-order chi connectivity index (χ1) is 12.3. The third-order valence-corrected chi connectivity index (χ3v) is 7.10. The third-order valence-electron chi connectivity index (χ3n) is 5.58. The fourth-order valence-electron chi connectivity index (χ4n) is 3.85. The van der Waals surface area contributed by atoms with Gasteiger partial charge in [0, 0.05) is 25.2 Å². The number of aryl methyl sites for hydroxylation is 1. The molecule has 2 N–H and O–H groups in total. The third kappa shape index (κ3) is 5.09. The Bertz CT molecular complexity index is 808. The van der Waals surface area contributed by atoms with Crippen molar-refractivity contribution in [3.05, 3.63) is 28.8 Å². The summed E-state index contributed by atoms with van der Waals surface area (Å²) in [4.78, 5) is 13.7. The zero-order chi connectivity index (χ0) is 20.6. The quantitative estimate of drug-likeness (QED) is 0.772. The molecule has 1 heterocycles. The van der Waals surface area contributed by atoms with Crippen LogP contribution in [-0.2, 0) is 10.0 Å². The Labute approximate surface area is 163 Å². The second-order valence-electron chi connectivity index (χ2n) is 8.71. The van der Waals surface area contributed by atoms with Gasteiger partial charge in [0.25, 0.3) is 0 Å². The molecule has 0 aromatic heterocycles. The minimum Gasteiger partial charge on any atom is -0.478 e. The summed E-state index contributed by atoms with van der Waals surface area (Å²) in [5.74, 6) is 0.0368. The summed E-state index contributed by atoms with van der Waals surface area (Å²) >= 11 is 0. The molecule has 7 heteroatoms. The topological polar surface area (TPSA) is 86.7 Å². The molecule has 1 fully saturated rings. The zero-order valence-corrected chi connectivity index (χ0v) is 18.0. The van der Waals surface area contributed by atoms with Gasteiger partial charge < -0.3 is 5.11 Å². The number of carbonyl (C=O) groups is 1. The van der Waals surface area contributed by atoms with Gasteiger partial charge in [0.15, 0.2) is 0 Å². The molecule has 1 saturated heterocycles. The van der Waals surface area contributed by atoms with E-state index in [4.69, 9.17) is 0 Å². The van der Waals surface area contributed by atoms with Gasteiger partial charge in [-0.1, -0.05) is 13.8 Å². The smallest absolute Gasteiger partial charge is 0.335 e. The molecule has 27 heavy (non-hydrogen) atoms. The average Bonchev–Trinajstić information content (AvgIpc) is 2.54. The summed E-state index contributed by atoms with van der Waals surface area (Å²) in [6.07, 6.45) is 1.19. The summed E-state index contributed by atoms with van der Waals surface area (Å²) in [5.41, 5.74) is 0.874. The fraction of sp³-hybridized carbons (Fsp3) is 0.650. The standard InChI is InChI=1S/C20H32N2O4S/c1-13-7-14(2)11-22(10-13)20(5,6)12-21-27(25,26)18-9-17(19(23)24)8-15(3)16(18)4/h8-9,13-14,21H,7,10-12H2,1-6H3,(H,23,24). The van der Waals surface area contributed by atoms with Gasteiger partial charge >= 0.3 is 5.97 Å². The van der Waals surface area contributed by atoms with Gasteiger partial charge in [-0.05, 0) is 69.2 Å². The van der Waals surface area contributed by atoms with Gasteiger partial charge in [-0.25, -0.2) is 17.9 Å². The first kappa shape index (κ1) is 21.9. The molecule has 0 spiro atoms. The number of nitrogens with one attached hydrogen (secondary N) is 1. The fourth-order valence-corrected chi connectivity index (χ4v) is 5.39. The van der Waals surface area contributed by atoms with Crippen LogP contribution in [-0.4, -0.2) is 49.6 Å². The number of likely N-dealkylation sites (tertiary alicyclic amines) is 1. The summed E-state index contributed by atoms with van der Waals surface area (Å²) in [7, 11) is -3.81. The summed E-state index contributed by atoms with van der Waals surface area (Å²) in [6, 6.07) is 2.74. The number of benzene rings is 1. The average molecular weight is 397 g/mol. The van der Waals surface area contributed by atoms with Crippen LogP contribution in [0.15, 0.2) is 17.0 Å². The molecule has 2 unspecified atom stereocenters. The second kappa shape index (κ2) is 7.89. The van der Waals surface area contributed by atoms with Crippen molar-refractivity contribution < 1.29 is 18.3 Å². The lowest BCUT2D eigenvalue weighted by molar-refractivity contribution is 0.0489. The van der Waals surface area contributed by atoms with Crippen LogP contribution >= 0.6 is 0 Å². The molecule has 1 aromatic rings. The summed E-state index contributed by atoms with van der Waals surface area (Å²) in [6.45, 7) is 14.1. The van der Waals surface area contributed by atoms with Crippen molar-refractivity contribution in [2.75, 3.05) is 19.6 Å². The van der Waals surface area contributed by atoms with E-state index in [2.05, 4.69) is 23.5 Å². The molecule has 0 saturated carbocycles. The minimum absolute atomic E-state index is 0.0172. The highest BCUT2D eigenvalue weighted by Crippen LogP contribution is 2.27. The van der Waals surface area contributed by atoms with Crippen LogP contribution in [0, 0.1) is 25.7 Å². The van der Waals surface area contributed by atoms with Crippen molar-refractivity contribution >= 4 is 16.0 Å². The van der Waals surface area contributed by atoms with Crippen LogP contribution in [0.25, 0.3) is 0 Å². The molecule has 0 amide bonds. The molecule has 1 aromatic carbocycles. The molecule has 1 aliphatic heterocycles. The van der Waals surface area contributed by atoms with E-state index < -0.39 is 16.0 Å². The minimum atomic E-state index is -3.81. The Morgan fingerprint density at radius 1 is 1.22 bits per heavy atom. The number of nitrogens with zero attached hydrogens (tertiary/aromatic N) is 1. The van der Waals surface area contributed by atoms with Crippen molar-refractivity contribution in [1.29, 1.82) is 0 Å². The zero-order valence-electron chi connectivity index (χ0n) is 17.2. The Hall–Kier alpha value is -1.44. The Morgan fingerprint density at radius 2 is 1.78 bits per heavy atom. The summed E-state index contributed by atoms with van der Waals surface area (Å²) < 4.78 is 28.5. The highest BCUT2D eigenvalue weighted by atomic mass is 32.2. The second-order valence-corrected chi connectivity index (χ2v) is 10.4. The highest BCUT2D eigenvalue weighted by molar-refractivity contribution is 7.89. The number of aromatic carboxylic acids is 1. The SMILES string of the molecule is Cc1cc(C(=O)O)cc(S(=O)(=O)NCC(C)(C)N2CC(C)CC(C)C2)c1C. The molecule has 1 aliphatic rings. The first-order valence-electron chi connectivity index (χ1n) is 9.42. The highest BCUT2D eigenvalue weighted by Gasteiger charge is 2.34. The molecule has 152 valence electrons. The van der Waals surface area contributed by atoms with Crippen LogP contribution in [0.3, 0.4) is 0 Å². The van der Waals surface area contributed by atoms with E-state index in [0.29, 0.717) is 23.0 Å². The molecule has 0 radical (unpaired) electrons. The van der Waals surface area contributed by atoms with Gasteiger partial charge in [0.1, 0.15) is 0 Å². The monoisotopic (exact) mass is 396 g/mol. The molecular formula is C20H32N2O4S. The maximum absolute atomic E-state index is 12.9. The summed E-state index contributed by atoms with van der Waals surface area (Å²) in [5, 5.41) is 9.25. The van der Waals surface area contributed by atoms with E-state index in [1.54, 1.807) is 13.8 Å². The van der Waals surface area contributed by atoms with Crippen LogP contribution in [0.1, 0.15) is 55.6 Å². The Morgan fingerprint density at radius 3 is 2.30 bits per heavy atom. The molecule has 2 rings (SSSR count). The maximum Gasteiger partial charge on any atom is 0.335 e. The van der Waals surface area contributed by atoms with E-state index in [9.17, 15) is 18.3 Å². The lowest BCUT2D eigenvalue weighted by Crippen LogP contribution is -2.56. The normalized spacial score (nSPS) is 22.0. The molecule has 0 aliphatic carbocycles. The Kier molecular flexibility index (Phi) is 6.39. The van der Waals surface area contributed by atoms with Crippen LogP contribution in [0.4, 0.5) is 0 Å². The van der Waals surface area contributed by atoms with E-state index >= 15 is 0 Å². The number of carboxylic acid groups (broad SMARTS) is 1. The predicted molar refractivity (Wildman–Crippen MR) is 107 cm³/mol. The van der Waals surface area contributed by atoms with Gasteiger partial charge in [0.2, 0.25) is 10.0 Å². The number of carboxylic acids is 1. The van der Waals surface area contributed by atoms with Gasteiger partial charge in [-0.15, -0.1) is 0 Å². The van der Waals surface area contributed by atoms with E-state index in [1.807, 2.05) is 13.8 Å². The van der Waals surface area contributed by atoms with Crippen molar-refractivity contribution in [3.63, 3.8) is 0 Å². The van der Waals surface area contributed by atoms with Crippen molar-refractivity contribution in [3.8, 4) is 0 Å². The van der Waals surface area contributed by atoms with Gasteiger partial charge in [0.05, 0.1) is 10.5 Å². The van der Waals surface area contributed by atoms with Crippen LogP contribution < -0.4 is 4.72 Å². The van der Waals surface area contributed by atoms with Crippen molar-refractivity contribution in [1.82, 2.24) is 9.62 Å².